The molecule has 0 radical (unpaired) electrons. The van der Waals surface area contributed by atoms with Gasteiger partial charge in [-0.2, -0.15) is 0 Å². The average Bonchev–Trinajstić information content (AvgIpc) is 2.66. The Hall–Kier alpha value is -2.36. The summed E-state index contributed by atoms with van der Waals surface area (Å²) in [4.78, 5) is 14.4. The fraction of sp³-hybridized carbons (Fsp3) is 0.235. The van der Waals surface area contributed by atoms with E-state index in [-0.39, 0.29) is 11.9 Å². The van der Waals surface area contributed by atoms with E-state index in [1.807, 2.05) is 31.2 Å². The van der Waals surface area contributed by atoms with E-state index in [0.717, 1.165) is 11.3 Å². The molecule has 1 atom stereocenters. The Morgan fingerprint density at radius 2 is 2.05 bits per heavy atom. The van der Waals surface area contributed by atoms with Crippen LogP contribution in [-0.4, -0.2) is 24.0 Å². The van der Waals surface area contributed by atoms with E-state index < -0.39 is 5.82 Å². The van der Waals surface area contributed by atoms with E-state index in [1.165, 1.54) is 12.1 Å². The van der Waals surface area contributed by atoms with Gasteiger partial charge in [-0.15, -0.1) is 0 Å². The first-order valence-electron chi connectivity index (χ1n) is 6.95. The summed E-state index contributed by atoms with van der Waals surface area (Å²) in [7, 11) is 0. The number of fused-ring (bicyclic) bond motifs is 1. The third-order valence-electron chi connectivity index (χ3n) is 3.76. The molecule has 0 fully saturated rings. The van der Waals surface area contributed by atoms with Gasteiger partial charge in [-0.3, -0.25) is 4.79 Å². The van der Waals surface area contributed by atoms with Crippen molar-refractivity contribution in [1.29, 1.82) is 0 Å². The third-order valence-corrected chi connectivity index (χ3v) is 3.76. The van der Waals surface area contributed by atoms with Crippen LogP contribution in [0.25, 0.3) is 0 Å². The van der Waals surface area contributed by atoms with Gasteiger partial charge in [0.05, 0.1) is 12.6 Å². The van der Waals surface area contributed by atoms with E-state index in [0.29, 0.717) is 18.7 Å². The summed E-state index contributed by atoms with van der Waals surface area (Å²) in [6.07, 6.45) is 0. The minimum absolute atomic E-state index is 0.112. The maximum absolute atomic E-state index is 13.3. The van der Waals surface area contributed by atoms with Gasteiger partial charge >= 0.3 is 0 Å². The fourth-order valence-electron chi connectivity index (χ4n) is 2.64. The second-order valence-electron chi connectivity index (χ2n) is 5.07. The molecule has 2 aromatic rings. The Balaban J connectivity index is 1.94. The number of hydrogen-bond acceptors (Lipinski definition) is 2. The van der Waals surface area contributed by atoms with Gasteiger partial charge in [0.1, 0.15) is 18.2 Å². The normalized spacial score (nSPS) is 17.6. The van der Waals surface area contributed by atoms with Gasteiger partial charge in [0.15, 0.2) is 0 Å². The summed E-state index contributed by atoms with van der Waals surface area (Å²) in [6, 6.07) is 13.4. The van der Waals surface area contributed by atoms with Crippen LogP contribution in [0.15, 0.2) is 48.5 Å². The Labute approximate surface area is 123 Å². The van der Waals surface area contributed by atoms with Crippen molar-refractivity contribution in [3.05, 3.63) is 65.5 Å². The summed E-state index contributed by atoms with van der Waals surface area (Å²) < 4.78 is 19.0. The molecular weight excluding hydrogens is 269 g/mol. The van der Waals surface area contributed by atoms with E-state index in [1.54, 1.807) is 17.0 Å². The molecule has 0 saturated heterocycles. The van der Waals surface area contributed by atoms with Gasteiger partial charge in [0.25, 0.3) is 5.91 Å². The van der Waals surface area contributed by atoms with Crippen LogP contribution in [0.4, 0.5) is 4.39 Å². The van der Waals surface area contributed by atoms with Gasteiger partial charge in [-0.25, -0.2) is 4.39 Å². The molecule has 1 heterocycles. The lowest BCUT2D eigenvalue weighted by Gasteiger charge is -2.27. The number of para-hydroxylation sites is 1. The number of hydrogen-bond donors (Lipinski definition) is 0. The summed E-state index contributed by atoms with van der Waals surface area (Å²) in [6.45, 7) is 2.87. The zero-order valence-corrected chi connectivity index (χ0v) is 11.8. The largest absolute Gasteiger partial charge is 0.491 e. The topological polar surface area (TPSA) is 29.5 Å². The third kappa shape index (κ3) is 2.61. The van der Waals surface area contributed by atoms with Crippen LogP contribution in [-0.2, 0) is 0 Å². The standard InChI is InChI=1S/C17H16FNO2/c1-12-15-7-2-3-8-16(15)21-10-9-19(12)17(20)13-5-4-6-14(18)11-13/h2-8,11-12H,9-10H2,1H3. The lowest BCUT2D eigenvalue weighted by atomic mass is 10.0. The number of benzene rings is 2. The zero-order valence-electron chi connectivity index (χ0n) is 11.8. The monoisotopic (exact) mass is 285 g/mol. The number of halogens is 1. The van der Waals surface area contributed by atoms with Crippen molar-refractivity contribution in [2.45, 2.75) is 13.0 Å². The van der Waals surface area contributed by atoms with Crippen molar-refractivity contribution < 1.29 is 13.9 Å². The first-order valence-corrected chi connectivity index (χ1v) is 6.95. The van der Waals surface area contributed by atoms with Crippen molar-refractivity contribution >= 4 is 5.91 Å². The predicted molar refractivity (Wildman–Crippen MR) is 77.8 cm³/mol. The zero-order chi connectivity index (χ0) is 14.8. The molecule has 1 unspecified atom stereocenters. The van der Waals surface area contributed by atoms with E-state index in [4.69, 9.17) is 4.74 Å². The van der Waals surface area contributed by atoms with Crippen LogP contribution in [0.1, 0.15) is 28.9 Å². The SMILES string of the molecule is CC1c2ccccc2OCCN1C(=O)c1cccc(F)c1. The number of rotatable bonds is 1. The lowest BCUT2D eigenvalue weighted by Crippen LogP contribution is -2.35. The van der Waals surface area contributed by atoms with Gasteiger partial charge < -0.3 is 9.64 Å². The molecule has 0 spiro atoms. The molecule has 1 aliphatic heterocycles. The highest BCUT2D eigenvalue weighted by molar-refractivity contribution is 5.94. The van der Waals surface area contributed by atoms with Crippen molar-refractivity contribution in [3.8, 4) is 5.75 Å². The number of carbonyl (C=O) groups is 1. The van der Waals surface area contributed by atoms with Crippen molar-refractivity contribution in [2.24, 2.45) is 0 Å². The van der Waals surface area contributed by atoms with Crippen LogP contribution < -0.4 is 4.74 Å². The number of carbonyl (C=O) groups excluding carboxylic acids is 1. The van der Waals surface area contributed by atoms with E-state index in [2.05, 4.69) is 0 Å². The average molecular weight is 285 g/mol. The van der Waals surface area contributed by atoms with Crippen molar-refractivity contribution in [1.82, 2.24) is 4.90 Å². The van der Waals surface area contributed by atoms with Crippen LogP contribution in [0.5, 0.6) is 5.75 Å². The quantitative estimate of drug-likeness (QED) is 0.803. The minimum Gasteiger partial charge on any atom is -0.491 e. The van der Waals surface area contributed by atoms with Gasteiger partial charge in [-0.1, -0.05) is 24.3 Å². The van der Waals surface area contributed by atoms with E-state index in [9.17, 15) is 9.18 Å². The maximum Gasteiger partial charge on any atom is 0.254 e. The number of nitrogens with zero attached hydrogens (tertiary/aromatic N) is 1. The van der Waals surface area contributed by atoms with Gasteiger partial charge in [-0.05, 0) is 31.2 Å². The molecule has 3 rings (SSSR count). The van der Waals surface area contributed by atoms with Crippen molar-refractivity contribution in [3.63, 3.8) is 0 Å². The second-order valence-corrected chi connectivity index (χ2v) is 5.07. The second kappa shape index (κ2) is 5.56. The molecular formula is C17H16FNO2. The highest BCUT2D eigenvalue weighted by Crippen LogP contribution is 2.32. The maximum atomic E-state index is 13.3. The highest BCUT2D eigenvalue weighted by Gasteiger charge is 2.27. The Morgan fingerprint density at radius 1 is 1.24 bits per heavy atom. The van der Waals surface area contributed by atoms with Gasteiger partial charge in [0.2, 0.25) is 0 Å². The highest BCUT2D eigenvalue weighted by atomic mass is 19.1. The summed E-state index contributed by atoms with van der Waals surface area (Å²) in [5.74, 6) is 0.224. The molecule has 21 heavy (non-hydrogen) atoms. The van der Waals surface area contributed by atoms with Crippen LogP contribution >= 0.6 is 0 Å². The molecule has 0 aliphatic carbocycles. The first-order chi connectivity index (χ1) is 10.2. The molecule has 2 aromatic carbocycles. The predicted octanol–water partition coefficient (Wildman–Crippen LogP) is 3.42. The lowest BCUT2D eigenvalue weighted by molar-refractivity contribution is 0.0681. The van der Waals surface area contributed by atoms with E-state index >= 15 is 0 Å². The molecule has 1 amide bonds. The number of amides is 1. The molecule has 108 valence electrons. The fourth-order valence-corrected chi connectivity index (χ4v) is 2.64. The van der Waals surface area contributed by atoms with Crippen LogP contribution in [0, 0.1) is 5.82 Å². The Morgan fingerprint density at radius 3 is 2.86 bits per heavy atom. The molecule has 4 heteroatoms. The molecule has 0 bridgehead atoms. The molecule has 3 nitrogen and oxygen atoms in total. The Kier molecular flexibility index (Phi) is 3.60. The van der Waals surface area contributed by atoms with Crippen LogP contribution in [0.3, 0.4) is 0 Å². The minimum atomic E-state index is -0.403. The van der Waals surface area contributed by atoms with Gasteiger partial charge in [0, 0.05) is 11.1 Å². The molecule has 0 N–H and O–H groups in total. The summed E-state index contributed by atoms with van der Waals surface area (Å²) >= 11 is 0. The summed E-state index contributed by atoms with van der Waals surface area (Å²) in [5.41, 5.74) is 1.33. The molecule has 0 aromatic heterocycles. The summed E-state index contributed by atoms with van der Waals surface area (Å²) in [5, 5.41) is 0. The molecule has 0 saturated carbocycles. The molecule has 1 aliphatic rings. The number of ether oxygens (including phenoxy) is 1. The first kappa shape index (κ1) is 13.6. The van der Waals surface area contributed by atoms with Crippen molar-refractivity contribution in [2.75, 3.05) is 13.2 Å². The van der Waals surface area contributed by atoms with Crippen LogP contribution in [0.2, 0.25) is 0 Å². The smallest absolute Gasteiger partial charge is 0.254 e. The Bertz CT molecular complexity index is 671.